The first-order chi connectivity index (χ1) is 18.1. The van der Waals surface area contributed by atoms with E-state index in [-0.39, 0.29) is 38.5 Å². The molecule has 0 saturated heterocycles. The number of halogens is 4. The van der Waals surface area contributed by atoms with Gasteiger partial charge >= 0.3 is 6.18 Å². The molecule has 0 aliphatic rings. The van der Waals surface area contributed by atoms with Gasteiger partial charge in [0.2, 0.25) is 11.0 Å². The number of hydrogen-bond acceptors (Lipinski definition) is 7. The maximum absolute atomic E-state index is 12.9. The number of anilines is 2. The fourth-order valence-corrected chi connectivity index (χ4v) is 4.93. The van der Waals surface area contributed by atoms with Gasteiger partial charge in [0.15, 0.2) is 10.1 Å². The molecular weight excluding hydrogens is 561 g/mol. The molecule has 4 rings (SSSR count). The van der Waals surface area contributed by atoms with E-state index in [1.54, 1.807) is 48.5 Å². The largest absolute Gasteiger partial charge is 0.416 e. The molecule has 0 atom stereocenters. The van der Waals surface area contributed by atoms with Gasteiger partial charge in [-0.15, -0.1) is 10.2 Å². The minimum Gasteiger partial charge on any atom is -0.324 e. The number of nitrogens with one attached hydrogen (secondary N) is 2. The number of rotatable bonds is 8. The first-order valence-electron chi connectivity index (χ1n) is 10.7. The van der Waals surface area contributed by atoms with Crippen molar-refractivity contribution in [2.75, 3.05) is 16.4 Å². The monoisotopic (exact) mass is 576 g/mol. The van der Waals surface area contributed by atoms with E-state index in [2.05, 4.69) is 20.8 Å². The van der Waals surface area contributed by atoms with Crippen molar-refractivity contribution >= 4 is 63.1 Å². The van der Waals surface area contributed by atoms with E-state index in [1.165, 1.54) is 6.07 Å². The van der Waals surface area contributed by atoms with Crippen LogP contribution in [0, 0.1) is 0 Å². The number of nitrogens with zero attached hydrogens (tertiary/aromatic N) is 2. The fraction of sp³-hybridized carbons (Fsp3) is 0.0800. The van der Waals surface area contributed by atoms with Gasteiger partial charge in [-0.1, -0.05) is 83.2 Å². The van der Waals surface area contributed by atoms with Crippen molar-refractivity contribution in [2.45, 2.75) is 10.5 Å². The predicted octanol–water partition coefficient (Wildman–Crippen LogP) is 6.42. The number of alkyl halides is 3. The highest BCUT2D eigenvalue weighted by molar-refractivity contribution is 8.01. The van der Waals surface area contributed by atoms with Crippen LogP contribution in [0.1, 0.15) is 31.8 Å². The van der Waals surface area contributed by atoms with Crippen LogP contribution in [0.25, 0.3) is 0 Å². The summed E-state index contributed by atoms with van der Waals surface area (Å²) < 4.78 is 39.1. The second-order valence-electron chi connectivity index (χ2n) is 7.60. The molecule has 38 heavy (non-hydrogen) atoms. The Morgan fingerprint density at radius 3 is 2.29 bits per heavy atom. The summed E-state index contributed by atoms with van der Waals surface area (Å²) in [5.74, 6) is -1.67. The zero-order valence-electron chi connectivity index (χ0n) is 19.1. The molecule has 0 fully saturated rings. The second-order valence-corrected chi connectivity index (χ2v) is 10.2. The molecule has 4 aromatic rings. The van der Waals surface area contributed by atoms with E-state index in [0.717, 1.165) is 41.3 Å². The van der Waals surface area contributed by atoms with E-state index in [1.807, 2.05) is 0 Å². The molecule has 0 spiro atoms. The van der Waals surface area contributed by atoms with Gasteiger partial charge in [0.05, 0.1) is 27.6 Å². The Bertz CT molecular complexity index is 1500. The quantitative estimate of drug-likeness (QED) is 0.142. The number of benzene rings is 3. The molecule has 3 aromatic carbocycles. The molecule has 13 heteroatoms. The molecule has 0 aliphatic carbocycles. The predicted molar refractivity (Wildman–Crippen MR) is 140 cm³/mol. The molecular formula is C25H16ClF3N4O3S2. The highest BCUT2D eigenvalue weighted by Crippen LogP contribution is 2.34. The lowest BCUT2D eigenvalue weighted by Gasteiger charge is -2.11. The third-order valence-electron chi connectivity index (χ3n) is 4.97. The van der Waals surface area contributed by atoms with Crippen LogP contribution in [0.15, 0.2) is 77.1 Å². The highest BCUT2D eigenvalue weighted by atomic mass is 35.5. The molecule has 1 aromatic heterocycles. The van der Waals surface area contributed by atoms with Gasteiger partial charge in [-0.25, -0.2) is 0 Å². The van der Waals surface area contributed by atoms with Crippen LogP contribution in [0.3, 0.4) is 0 Å². The summed E-state index contributed by atoms with van der Waals surface area (Å²) in [6.45, 7) is 0. The molecule has 0 radical (unpaired) electrons. The Labute approximate surface area is 227 Å². The summed E-state index contributed by atoms with van der Waals surface area (Å²) in [5, 5.41) is 12.8. The summed E-state index contributed by atoms with van der Waals surface area (Å²) in [5.41, 5.74) is -0.294. The molecule has 2 N–H and O–H groups in total. The smallest absolute Gasteiger partial charge is 0.324 e. The third-order valence-corrected chi connectivity index (χ3v) is 7.28. The average Bonchev–Trinajstić information content (AvgIpc) is 3.35. The Hall–Kier alpha value is -3.74. The van der Waals surface area contributed by atoms with Crippen LogP contribution in [-0.4, -0.2) is 33.5 Å². The SMILES string of the molecule is O=C(CSc1nnc(NC(=O)c2ccccc2C(=O)c2ccccc2)s1)Nc1cc(C(F)(F)F)ccc1Cl. The van der Waals surface area contributed by atoms with Crippen molar-refractivity contribution in [3.05, 3.63) is 100 Å². The Morgan fingerprint density at radius 1 is 0.895 bits per heavy atom. The topological polar surface area (TPSA) is 101 Å². The molecule has 0 unspecified atom stereocenters. The lowest BCUT2D eigenvalue weighted by Crippen LogP contribution is -2.16. The van der Waals surface area contributed by atoms with Gasteiger partial charge in [-0.2, -0.15) is 13.2 Å². The summed E-state index contributed by atoms with van der Waals surface area (Å²) in [7, 11) is 0. The summed E-state index contributed by atoms with van der Waals surface area (Å²) in [6, 6.07) is 17.5. The van der Waals surface area contributed by atoms with Gasteiger partial charge in [0.25, 0.3) is 5.91 Å². The first kappa shape index (κ1) is 27.3. The standard InChI is InChI=1S/C25H16ClF3N4O3S2/c26-18-11-10-15(25(27,28)29)12-19(18)30-20(34)13-37-24-33-32-23(38-24)31-22(36)17-9-5-4-8-16(17)21(35)14-6-2-1-3-7-14/h1-12H,13H2,(H,30,34)(H,31,32,36). The summed E-state index contributed by atoms with van der Waals surface area (Å²) in [4.78, 5) is 38.0. The number of hydrogen-bond donors (Lipinski definition) is 2. The molecule has 0 saturated carbocycles. The van der Waals surface area contributed by atoms with Crippen molar-refractivity contribution in [1.82, 2.24) is 10.2 Å². The maximum Gasteiger partial charge on any atom is 0.416 e. The highest BCUT2D eigenvalue weighted by Gasteiger charge is 2.31. The lowest BCUT2D eigenvalue weighted by atomic mass is 9.98. The van der Waals surface area contributed by atoms with Gasteiger partial charge in [-0.05, 0) is 24.3 Å². The summed E-state index contributed by atoms with van der Waals surface area (Å²) in [6.07, 6.45) is -4.58. The molecule has 2 amide bonds. The van der Waals surface area contributed by atoms with Gasteiger partial charge in [-0.3, -0.25) is 19.7 Å². The van der Waals surface area contributed by atoms with Gasteiger partial charge in [0, 0.05) is 11.1 Å². The summed E-state index contributed by atoms with van der Waals surface area (Å²) >= 11 is 7.87. The lowest BCUT2D eigenvalue weighted by molar-refractivity contribution is -0.137. The minimum atomic E-state index is -4.58. The zero-order valence-corrected chi connectivity index (χ0v) is 21.5. The van der Waals surface area contributed by atoms with Crippen molar-refractivity contribution < 1.29 is 27.6 Å². The van der Waals surface area contributed by atoms with E-state index >= 15 is 0 Å². The number of aromatic nitrogens is 2. The Morgan fingerprint density at radius 2 is 1.58 bits per heavy atom. The van der Waals surface area contributed by atoms with Gasteiger partial charge in [0.1, 0.15) is 0 Å². The van der Waals surface area contributed by atoms with Crippen LogP contribution in [0.5, 0.6) is 0 Å². The second kappa shape index (κ2) is 11.8. The average molecular weight is 577 g/mol. The molecule has 194 valence electrons. The van der Waals surface area contributed by atoms with Crippen LogP contribution < -0.4 is 10.6 Å². The molecule has 7 nitrogen and oxygen atoms in total. The maximum atomic E-state index is 12.9. The normalized spacial score (nSPS) is 11.2. The van der Waals surface area contributed by atoms with E-state index in [4.69, 9.17) is 11.6 Å². The van der Waals surface area contributed by atoms with Crippen molar-refractivity contribution in [3.8, 4) is 0 Å². The Kier molecular flexibility index (Phi) is 8.45. The van der Waals surface area contributed by atoms with Crippen LogP contribution >= 0.6 is 34.7 Å². The molecule has 0 bridgehead atoms. The molecule has 1 heterocycles. The minimum absolute atomic E-state index is 0.0386. The number of carbonyl (C=O) groups excluding carboxylic acids is 3. The van der Waals surface area contributed by atoms with Gasteiger partial charge < -0.3 is 5.32 Å². The third kappa shape index (κ3) is 6.77. The van der Waals surface area contributed by atoms with Crippen LogP contribution in [-0.2, 0) is 11.0 Å². The van der Waals surface area contributed by atoms with Crippen molar-refractivity contribution in [3.63, 3.8) is 0 Å². The zero-order chi connectivity index (χ0) is 27.3. The van der Waals surface area contributed by atoms with E-state index < -0.39 is 23.6 Å². The Balaban J connectivity index is 1.37. The number of thioether (sulfide) groups is 1. The fourth-order valence-electron chi connectivity index (χ4n) is 3.22. The van der Waals surface area contributed by atoms with E-state index in [9.17, 15) is 27.6 Å². The molecule has 0 aliphatic heterocycles. The number of ketones is 1. The van der Waals surface area contributed by atoms with Crippen molar-refractivity contribution in [1.29, 1.82) is 0 Å². The number of carbonyl (C=O) groups is 3. The van der Waals surface area contributed by atoms with Crippen LogP contribution in [0.2, 0.25) is 5.02 Å². The first-order valence-corrected chi connectivity index (χ1v) is 12.9. The van der Waals surface area contributed by atoms with Crippen molar-refractivity contribution in [2.24, 2.45) is 0 Å². The van der Waals surface area contributed by atoms with E-state index in [0.29, 0.717) is 9.90 Å². The number of amides is 2. The van der Waals surface area contributed by atoms with Crippen LogP contribution in [0.4, 0.5) is 24.0 Å².